The van der Waals surface area contributed by atoms with Gasteiger partial charge in [0.15, 0.2) is 0 Å². The molecule has 0 aromatic rings. The van der Waals surface area contributed by atoms with Crippen LogP contribution in [-0.4, -0.2) is 79.5 Å². The van der Waals surface area contributed by atoms with Gasteiger partial charge < -0.3 is 10.0 Å². The highest BCUT2D eigenvalue weighted by Crippen LogP contribution is 2.26. The van der Waals surface area contributed by atoms with E-state index in [4.69, 9.17) is 0 Å². The van der Waals surface area contributed by atoms with E-state index in [0.29, 0.717) is 26.1 Å². The molecule has 1 N–H and O–H groups in total. The van der Waals surface area contributed by atoms with Crippen molar-refractivity contribution in [3.8, 4) is 0 Å². The summed E-state index contributed by atoms with van der Waals surface area (Å²) in [5.74, 6) is 0. The first-order valence-corrected chi connectivity index (χ1v) is 8.40. The van der Waals surface area contributed by atoms with Crippen molar-refractivity contribution in [1.29, 1.82) is 0 Å². The maximum atomic E-state index is 12.6. The topological polar surface area (TPSA) is 64.1 Å². The number of hydrogen-bond donors (Lipinski definition) is 1. The van der Waals surface area contributed by atoms with Gasteiger partial charge in [-0.05, 0) is 33.4 Å². The first-order valence-electron chi connectivity index (χ1n) is 7.01. The Morgan fingerprint density at radius 3 is 2.42 bits per heavy atom. The molecule has 6 nitrogen and oxygen atoms in total. The molecule has 0 saturated carbocycles. The summed E-state index contributed by atoms with van der Waals surface area (Å²) in [7, 11) is 0.444. The van der Waals surface area contributed by atoms with Crippen molar-refractivity contribution in [2.45, 2.75) is 37.8 Å². The Morgan fingerprint density at radius 1 is 1.21 bits per heavy atom. The molecule has 0 spiro atoms. The number of nitrogens with zero attached hydrogens (tertiary/aromatic N) is 3. The second kappa shape index (κ2) is 6.05. The second-order valence-electron chi connectivity index (χ2n) is 5.84. The maximum absolute atomic E-state index is 12.6. The Bertz CT molecular complexity index is 393. The molecule has 2 aliphatic rings. The predicted octanol–water partition coefficient (Wildman–Crippen LogP) is -0.286. The SMILES string of the molecule is CN(C)CC1CC(O)CN1S(=O)(=O)N1CCCCC1. The average molecular weight is 291 g/mol. The van der Waals surface area contributed by atoms with Gasteiger partial charge in [0.05, 0.1) is 6.10 Å². The van der Waals surface area contributed by atoms with Crippen molar-refractivity contribution >= 4 is 10.2 Å². The Labute approximate surface area is 116 Å². The van der Waals surface area contributed by atoms with Gasteiger partial charge in [-0.25, -0.2) is 0 Å². The third-order valence-corrected chi connectivity index (χ3v) is 5.91. The molecule has 0 radical (unpaired) electrons. The minimum absolute atomic E-state index is 0.114. The van der Waals surface area contributed by atoms with Gasteiger partial charge in [0.2, 0.25) is 0 Å². The Balaban J connectivity index is 2.12. The predicted molar refractivity (Wildman–Crippen MR) is 74.0 cm³/mol. The zero-order valence-electron chi connectivity index (χ0n) is 11.8. The Hall–Kier alpha value is -0.210. The molecular formula is C12H25N3O3S. The minimum atomic E-state index is -3.41. The van der Waals surface area contributed by atoms with Crippen LogP contribution in [-0.2, 0) is 10.2 Å². The van der Waals surface area contributed by atoms with Gasteiger partial charge in [-0.15, -0.1) is 0 Å². The summed E-state index contributed by atoms with van der Waals surface area (Å²) in [5, 5.41) is 9.80. The molecule has 2 heterocycles. The summed E-state index contributed by atoms with van der Waals surface area (Å²) in [6.45, 7) is 2.12. The van der Waals surface area contributed by atoms with Gasteiger partial charge >= 0.3 is 0 Å². The third-order valence-electron chi connectivity index (χ3n) is 3.86. The summed E-state index contributed by atoms with van der Waals surface area (Å²) in [6.07, 6.45) is 2.98. The van der Waals surface area contributed by atoms with Crippen LogP contribution in [0.1, 0.15) is 25.7 Å². The van der Waals surface area contributed by atoms with Crippen LogP contribution in [0.25, 0.3) is 0 Å². The summed E-state index contributed by atoms with van der Waals surface area (Å²) in [5.41, 5.74) is 0. The van der Waals surface area contributed by atoms with Crippen LogP contribution in [0.2, 0.25) is 0 Å². The van der Waals surface area contributed by atoms with Crippen LogP contribution in [0.5, 0.6) is 0 Å². The van der Waals surface area contributed by atoms with Crippen LogP contribution >= 0.6 is 0 Å². The van der Waals surface area contributed by atoms with E-state index in [1.165, 1.54) is 4.31 Å². The van der Waals surface area contributed by atoms with Gasteiger partial charge in [0, 0.05) is 32.2 Å². The fourth-order valence-electron chi connectivity index (χ4n) is 2.98. The quantitative estimate of drug-likeness (QED) is 0.773. The van der Waals surface area contributed by atoms with E-state index >= 15 is 0 Å². The highest BCUT2D eigenvalue weighted by atomic mass is 32.2. The summed E-state index contributed by atoms with van der Waals surface area (Å²) < 4.78 is 28.4. The summed E-state index contributed by atoms with van der Waals surface area (Å²) in [4.78, 5) is 1.97. The van der Waals surface area contributed by atoms with E-state index in [1.807, 2.05) is 19.0 Å². The lowest BCUT2D eigenvalue weighted by atomic mass is 10.2. The number of rotatable bonds is 4. The number of aliphatic hydroxyl groups excluding tert-OH is 1. The highest BCUT2D eigenvalue weighted by Gasteiger charge is 2.41. The molecule has 7 heteroatoms. The number of β-amino-alcohol motifs (C(OH)–C–C–N with tert-alkyl or cyclic N) is 1. The van der Waals surface area contributed by atoms with Gasteiger partial charge in [-0.3, -0.25) is 0 Å². The zero-order valence-corrected chi connectivity index (χ0v) is 12.6. The third kappa shape index (κ3) is 3.46. The smallest absolute Gasteiger partial charge is 0.282 e. The van der Waals surface area contributed by atoms with E-state index in [0.717, 1.165) is 19.3 Å². The second-order valence-corrected chi connectivity index (χ2v) is 7.72. The largest absolute Gasteiger partial charge is 0.392 e. The van der Waals surface area contributed by atoms with Crippen LogP contribution in [0.3, 0.4) is 0 Å². The van der Waals surface area contributed by atoms with E-state index in [1.54, 1.807) is 4.31 Å². The molecule has 2 fully saturated rings. The van der Waals surface area contributed by atoms with E-state index in [9.17, 15) is 13.5 Å². The molecule has 0 amide bonds. The van der Waals surface area contributed by atoms with E-state index in [-0.39, 0.29) is 12.6 Å². The van der Waals surface area contributed by atoms with Gasteiger partial charge in [0.25, 0.3) is 10.2 Å². The number of aliphatic hydroxyl groups is 1. The molecule has 2 saturated heterocycles. The van der Waals surface area contributed by atoms with Gasteiger partial charge in [-0.1, -0.05) is 6.42 Å². The van der Waals surface area contributed by atoms with Crippen molar-refractivity contribution in [3.63, 3.8) is 0 Å². The molecule has 2 atom stereocenters. The van der Waals surface area contributed by atoms with Gasteiger partial charge in [-0.2, -0.15) is 17.0 Å². The lowest BCUT2D eigenvalue weighted by molar-refractivity contribution is 0.187. The molecular weight excluding hydrogens is 266 g/mol. The molecule has 112 valence electrons. The molecule has 2 aliphatic heterocycles. The van der Waals surface area contributed by atoms with Crippen LogP contribution < -0.4 is 0 Å². The zero-order chi connectivity index (χ0) is 14.0. The lowest BCUT2D eigenvalue weighted by Gasteiger charge is -2.33. The summed E-state index contributed by atoms with van der Waals surface area (Å²) in [6, 6.07) is -0.114. The number of hydrogen-bond acceptors (Lipinski definition) is 4. The van der Waals surface area contributed by atoms with E-state index < -0.39 is 16.3 Å². The van der Waals surface area contributed by atoms with Crippen LogP contribution in [0, 0.1) is 0 Å². The molecule has 0 aliphatic carbocycles. The highest BCUT2D eigenvalue weighted by molar-refractivity contribution is 7.86. The molecule has 2 unspecified atom stereocenters. The molecule has 2 rings (SSSR count). The maximum Gasteiger partial charge on any atom is 0.282 e. The molecule has 0 aromatic heterocycles. The normalized spacial score (nSPS) is 31.2. The number of likely N-dealkylation sites (N-methyl/N-ethyl adjacent to an activating group) is 1. The fraction of sp³-hybridized carbons (Fsp3) is 1.00. The van der Waals surface area contributed by atoms with Gasteiger partial charge in [0.1, 0.15) is 0 Å². The van der Waals surface area contributed by atoms with Crippen molar-refractivity contribution in [2.24, 2.45) is 0 Å². The standard InChI is InChI=1S/C12H25N3O3S/c1-13(2)9-11-8-12(16)10-15(11)19(17,18)14-6-4-3-5-7-14/h11-12,16H,3-10H2,1-2H3. The van der Waals surface area contributed by atoms with Crippen LogP contribution in [0.4, 0.5) is 0 Å². The van der Waals surface area contributed by atoms with E-state index in [2.05, 4.69) is 0 Å². The van der Waals surface area contributed by atoms with Crippen molar-refractivity contribution in [1.82, 2.24) is 13.5 Å². The van der Waals surface area contributed by atoms with Crippen molar-refractivity contribution in [2.75, 3.05) is 40.3 Å². The molecule has 19 heavy (non-hydrogen) atoms. The fourth-order valence-corrected chi connectivity index (χ4v) is 4.88. The van der Waals surface area contributed by atoms with Crippen molar-refractivity contribution < 1.29 is 13.5 Å². The minimum Gasteiger partial charge on any atom is -0.392 e. The van der Waals surface area contributed by atoms with Crippen molar-refractivity contribution in [3.05, 3.63) is 0 Å². The first-order chi connectivity index (χ1) is 8.91. The van der Waals surface area contributed by atoms with Crippen LogP contribution in [0.15, 0.2) is 0 Å². The Kier molecular flexibility index (Phi) is 4.84. The molecule has 0 bridgehead atoms. The summed E-state index contributed by atoms with van der Waals surface area (Å²) >= 11 is 0. The average Bonchev–Trinajstić information content (AvgIpc) is 2.71. The Morgan fingerprint density at radius 2 is 1.84 bits per heavy atom. The lowest BCUT2D eigenvalue weighted by Crippen LogP contribution is -2.50. The first kappa shape index (κ1) is 15.2. The monoisotopic (exact) mass is 291 g/mol. The number of piperidine rings is 1. The molecule has 0 aromatic carbocycles.